The molecule has 0 amide bonds. The van der Waals surface area contributed by atoms with Gasteiger partial charge in [-0.25, -0.2) is 0 Å². The first-order chi connectivity index (χ1) is 7.34. The van der Waals surface area contributed by atoms with Crippen LogP contribution in [0.25, 0.3) is 0 Å². The van der Waals surface area contributed by atoms with Gasteiger partial charge in [0.15, 0.2) is 0 Å². The molecule has 0 spiro atoms. The number of benzene rings is 1. The molecule has 15 heavy (non-hydrogen) atoms. The van der Waals surface area contributed by atoms with Gasteiger partial charge in [0.25, 0.3) is 0 Å². The zero-order chi connectivity index (χ0) is 10.5. The fourth-order valence-electron chi connectivity index (χ4n) is 1.27. The highest BCUT2D eigenvalue weighted by Gasteiger charge is 2.04. The Bertz CT molecular complexity index is 338. The highest BCUT2D eigenvalue weighted by atomic mass is 16.5. The van der Waals surface area contributed by atoms with Gasteiger partial charge in [-0.05, 0) is 24.3 Å². The second-order valence-electron chi connectivity index (χ2n) is 3.30. The van der Waals surface area contributed by atoms with E-state index in [-0.39, 0.29) is 0 Å². The van der Waals surface area contributed by atoms with E-state index in [2.05, 4.69) is 5.32 Å². The summed E-state index contributed by atoms with van der Waals surface area (Å²) in [5, 5.41) is 3.19. The van der Waals surface area contributed by atoms with Crippen LogP contribution in [0.4, 0.5) is 5.69 Å². The summed E-state index contributed by atoms with van der Waals surface area (Å²) < 4.78 is 10.8. The molecule has 1 aliphatic rings. The molecular weight excluding hydrogens is 192 g/mol. The van der Waals surface area contributed by atoms with Crippen LogP contribution in [-0.2, 0) is 4.74 Å². The van der Waals surface area contributed by atoms with Crippen LogP contribution in [0.15, 0.2) is 36.3 Å². The third-order valence-electron chi connectivity index (χ3n) is 2.07. The molecule has 1 aromatic rings. The monoisotopic (exact) mass is 206 g/mol. The van der Waals surface area contributed by atoms with Crippen LogP contribution < -0.4 is 15.8 Å². The summed E-state index contributed by atoms with van der Waals surface area (Å²) >= 11 is 0. The third-order valence-corrected chi connectivity index (χ3v) is 2.07. The second kappa shape index (κ2) is 4.70. The van der Waals surface area contributed by atoms with Gasteiger partial charge in [-0.3, -0.25) is 0 Å². The van der Waals surface area contributed by atoms with Crippen molar-refractivity contribution in [1.82, 2.24) is 5.32 Å². The zero-order valence-electron chi connectivity index (χ0n) is 8.40. The number of nitrogens with two attached hydrogens (primary N) is 1. The van der Waals surface area contributed by atoms with Gasteiger partial charge in [0, 0.05) is 12.2 Å². The van der Waals surface area contributed by atoms with Crippen molar-refractivity contribution in [2.75, 3.05) is 25.4 Å². The van der Waals surface area contributed by atoms with Gasteiger partial charge in [-0.1, -0.05) is 0 Å². The highest BCUT2D eigenvalue weighted by Crippen LogP contribution is 2.14. The van der Waals surface area contributed by atoms with Crippen molar-refractivity contribution in [3.05, 3.63) is 36.3 Å². The molecule has 0 aliphatic carbocycles. The molecule has 2 rings (SSSR count). The molecule has 0 aromatic heterocycles. The fraction of sp³-hybridized carbons (Fsp3) is 0.273. The number of ether oxygens (including phenoxy) is 2. The van der Waals surface area contributed by atoms with Crippen molar-refractivity contribution in [3.63, 3.8) is 0 Å². The molecule has 1 fully saturated rings. The van der Waals surface area contributed by atoms with E-state index >= 15 is 0 Å². The summed E-state index contributed by atoms with van der Waals surface area (Å²) in [5.41, 5.74) is 6.29. The van der Waals surface area contributed by atoms with Crippen LogP contribution in [-0.4, -0.2) is 19.7 Å². The quantitative estimate of drug-likeness (QED) is 0.562. The number of anilines is 1. The third kappa shape index (κ3) is 2.89. The van der Waals surface area contributed by atoms with Gasteiger partial charge in [0.2, 0.25) is 0 Å². The Morgan fingerprint density at radius 1 is 1.33 bits per heavy atom. The number of hydrogen-bond donors (Lipinski definition) is 2. The lowest BCUT2D eigenvalue weighted by molar-refractivity contribution is 0.168. The lowest BCUT2D eigenvalue weighted by atomic mass is 10.3. The Balaban J connectivity index is 1.94. The summed E-state index contributed by atoms with van der Waals surface area (Å²) in [6.07, 6.45) is 1.62. The van der Waals surface area contributed by atoms with Gasteiger partial charge in [0.05, 0.1) is 6.54 Å². The lowest BCUT2D eigenvalue weighted by Crippen LogP contribution is -2.29. The Hall–Kier alpha value is -1.68. The number of nitrogens with one attached hydrogen (secondary N) is 1. The van der Waals surface area contributed by atoms with E-state index < -0.39 is 0 Å². The van der Waals surface area contributed by atoms with Crippen molar-refractivity contribution in [2.45, 2.75) is 0 Å². The molecule has 4 heteroatoms. The largest absolute Gasteiger partial charge is 0.492 e. The van der Waals surface area contributed by atoms with E-state index in [1.807, 2.05) is 12.1 Å². The summed E-state index contributed by atoms with van der Waals surface area (Å²) in [6, 6.07) is 7.24. The number of hydrogen-bond acceptors (Lipinski definition) is 4. The van der Waals surface area contributed by atoms with E-state index in [0.717, 1.165) is 30.3 Å². The Morgan fingerprint density at radius 2 is 2.13 bits per heavy atom. The van der Waals surface area contributed by atoms with Crippen molar-refractivity contribution in [1.29, 1.82) is 0 Å². The highest BCUT2D eigenvalue weighted by molar-refractivity contribution is 5.41. The summed E-state index contributed by atoms with van der Waals surface area (Å²) in [4.78, 5) is 0. The SMILES string of the molecule is Nc1ccc(OC=C2CNCCO2)cc1. The Kier molecular flexibility index (Phi) is 3.09. The molecule has 0 saturated carbocycles. The molecular formula is C11H14N2O2. The van der Waals surface area contributed by atoms with Gasteiger partial charge in [-0.2, -0.15) is 0 Å². The minimum Gasteiger partial charge on any atom is -0.492 e. The van der Waals surface area contributed by atoms with E-state index in [1.54, 1.807) is 18.4 Å². The molecule has 80 valence electrons. The maximum atomic E-state index is 5.56. The van der Waals surface area contributed by atoms with Crippen molar-refractivity contribution < 1.29 is 9.47 Å². The predicted molar refractivity (Wildman–Crippen MR) is 58.4 cm³/mol. The van der Waals surface area contributed by atoms with Crippen LogP contribution >= 0.6 is 0 Å². The first-order valence-electron chi connectivity index (χ1n) is 4.89. The molecule has 3 N–H and O–H groups in total. The van der Waals surface area contributed by atoms with Crippen molar-refractivity contribution >= 4 is 5.69 Å². The number of morpholine rings is 1. The van der Waals surface area contributed by atoms with Crippen LogP contribution in [0.1, 0.15) is 0 Å². The molecule has 0 bridgehead atoms. The summed E-state index contributed by atoms with van der Waals surface area (Å²) in [7, 11) is 0. The van der Waals surface area contributed by atoms with Crippen molar-refractivity contribution in [3.8, 4) is 5.75 Å². The van der Waals surface area contributed by atoms with Gasteiger partial charge >= 0.3 is 0 Å². The molecule has 0 radical (unpaired) electrons. The van der Waals surface area contributed by atoms with Crippen LogP contribution in [0.5, 0.6) is 5.75 Å². The molecule has 0 unspecified atom stereocenters. The lowest BCUT2D eigenvalue weighted by Gasteiger charge is -2.16. The number of nitrogen functional groups attached to an aromatic ring is 1. The predicted octanol–water partition coefficient (Wildman–Crippen LogP) is 1.11. The average molecular weight is 206 g/mol. The topological polar surface area (TPSA) is 56.5 Å². The van der Waals surface area contributed by atoms with Crippen LogP contribution in [0.2, 0.25) is 0 Å². The smallest absolute Gasteiger partial charge is 0.145 e. The molecule has 1 heterocycles. The van der Waals surface area contributed by atoms with E-state index in [9.17, 15) is 0 Å². The number of rotatable bonds is 2. The molecule has 4 nitrogen and oxygen atoms in total. The fourth-order valence-corrected chi connectivity index (χ4v) is 1.27. The Morgan fingerprint density at radius 3 is 2.80 bits per heavy atom. The van der Waals surface area contributed by atoms with Gasteiger partial charge in [0.1, 0.15) is 24.4 Å². The summed E-state index contributed by atoms with van der Waals surface area (Å²) in [6.45, 7) is 2.30. The standard InChI is InChI=1S/C11H14N2O2/c12-9-1-3-10(4-2-9)15-8-11-7-13-5-6-14-11/h1-4,8,13H,5-7,12H2. The average Bonchev–Trinajstić information content (AvgIpc) is 2.30. The normalized spacial score (nSPS) is 18.5. The van der Waals surface area contributed by atoms with E-state index in [1.165, 1.54) is 0 Å². The minimum absolute atomic E-state index is 0.691. The first kappa shape index (κ1) is 9.86. The summed E-state index contributed by atoms with van der Waals surface area (Å²) in [5.74, 6) is 1.57. The maximum Gasteiger partial charge on any atom is 0.145 e. The Labute approximate surface area is 88.7 Å². The zero-order valence-corrected chi connectivity index (χ0v) is 8.40. The van der Waals surface area contributed by atoms with Crippen LogP contribution in [0, 0.1) is 0 Å². The van der Waals surface area contributed by atoms with E-state index in [4.69, 9.17) is 15.2 Å². The van der Waals surface area contributed by atoms with Crippen LogP contribution in [0.3, 0.4) is 0 Å². The maximum absolute atomic E-state index is 5.56. The molecule has 1 aromatic carbocycles. The first-order valence-corrected chi connectivity index (χ1v) is 4.89. The molecule has 1 saturated heterocycles. The van der Waals surface area contributed by atoms with E-state index in [0.29, 0.717) is 6.61 Å². The van der Waals surface area contributed by atoms with Crippen molar-refractivity contribution in [2.24, 2.45) is 0 Å². The molecule has 1 aliphatic heterocycles. The second-order valence-corrected chi connectivity index (χ2v) is 3.30. The molecule has 0 atom stereocenters. The minimum atomic E-state index is 0.691. The van der Waals surface area contributed by atoms with Gasteiger partial charge in [-0.15, -0.1) is 0 Å². The van der Waals surface area contributed by atoms with Gasteiger partial charge < -0.3 is 20.5 Å².